The van der Waals surface area contributed by atoms with Crippen LogP contribution in [0.25, 0.3) is 0 Å². The lowest BCUT2D eigenvalue weighted by atomic mass is 10.0. The highest BCUT2D eigenvalue weighted by molar-refractivity contribution is 5.93. The molecule has 0 saturated heterocycles. The number of aryl methyl sites for hydroxylation is 3. The molecule has 0 spiro atoms. The Bertz CT molecular complexity index is 759. The largest absolute Gasteiger partial charge is 0.354 e. The maximum atomic E-state index is 12.3. The second-order valence-electron chi connectivity index (χ2n) is 6.81. The Hall–Kier alpha value is -2.62. The highest BCUT2D eigenvalue weighted by Gasteiger charge is 2.18. The molecule has 0 aliphatic rings. The number of rotatable bonds is 8. The molecule has 2 aromatic carbocycles. The summed E-state index contributed by atoms with van der Waals surface area (Å²) in [7, 11) is 0. The van der Waals surface area contributed by atoms with E-state index in [2.05, 4.69) is 31.3 Å². The van der Waals surface area contributed by atoms with Crippen LogP contribution in [0.1, 0.15) is 43.0 Å². The molecule has 0 saturated carbocycles. The smallest absolute Gasteiger partial charge is 0.224 e. The van der Waals surface area contributed by atoms with E-state index in [1.54, 1.807) is 11.8 Å². The first-order chi connectivity index (χ1) is 13.0. The number of hydrogen-bond donors (Lipinski definition) is 1. The minimum Gasteiger partial charge on any atom is -0.354 e. The van der Waals surface area contributed by atoms with Crippen LogP contribution in [0.15, 0.2) is 42.5 Å². The van der Waals surface area contributed by atoms with Crippen molar-refractivity contribution in [2.24, 2.45) is 0 Å². The standard InChI is InChI=1S/C23H30N2O2/c1-5-20-8-7-9-21(6-2)23(20)25(18(4)26)15-14-24-22(27)16-19-12-10-17(3)11-13-19/h7-13H,5-6,14-16H2,1-4H3,(H,24,27). The van der Waals surface area contributed by atoms with E-state index < -0.39 is 0 Å². The van der Waals surface area contributed by atoms with Gasteiger partial charge in [-0.3, -0.25) is 9.59 Å². The lowest BCUT2D eigenvalue weighted by molar-refractivity contribution is -0.121. The minimum absolute atomic E-state index is 0.00150. The van der Waals surface area contributed by atoms with Gasteiger partial charge in [0, 0.05) is 20.0 Å². The first-order valence-corrected chi connectivity index (χ1v) is 9.67. The van der Waals surface area contributed by atoms with Gasteiger partial charge in [0.15, 0.2) is 0 Å². The van der Waals surface area contributed by atoms with Crippen molar-refractivity contribution in [3.63, 3.8) is 0 Å². The molecule has 0 fully saturated rings. The fourth-order valence-electron chi connectivity index (χ4n) is 3.25. The molecule has 1 N–H and O–H groups in total. The van der Waals surface area contributed by atoms with Gasteiger partial charge in [-0.15, -0.1) is 0 Å². The summed E-state index contributed by atoms with van der Waals surface area (Å²) in [6.07, 6.45) is 2.09. The summed E-state index contributed by atoms with van der Waals surface area (Å²) in [6, 6.07) is 14.1. The second-order valence-corrected chi connectivity index (χ2v) is 6.81. The van der Waals surface area contributed by atoms with E-state index in [-0.39, 0.29) is 11.8 Å². The number of amides is 2. The van der Waals surface area contributed by atoms with Crippen LogP contribution in [0, 0.1) is 6.92 Å². The molecule has 0 aliphatic carbocycles. The number of nitrogens with zero attached hydrogens (tertiary/aromatic N) is 1. The van der Waals surface area contributed by atoms with E-state index in [0.717, 1.165) is 35.2 Å². The lowest BCUT2D eigenvalue weighted by Gasteiger charge is -2.26. The molecule has 2 amide bonds. The Kier molecular flexibility index (Phi) is 7.59. The average molecular weight is 367 g/mol. The SMILES string of the molecule is CCc1cccc(CC)c1N(CCNC(=O)Cc1ccc(C)cc1)C(C)=O. The Balaban J connectivity index is 2.02. The Morgan fingerprint density at radius 2 is 1.56 bits per heavy atom. The van der Waals surface area contributed by atoms with Gasteiger partial charge in [0.1, 0.15) is 0 Å². The minimum atomic E-state index is -0.0261. The van der Waals surface area contributed by atoms with Crippen LogP contribution in [0.3, 0.4) is 0 Å². The molecule has 2 rings (SSSR count). The van der Waals surface area contributed by atoms with E-state index in [1.165, 1.54) is 5.56 Å². The maximum Gasteiger partial charge on any atom is 0.224 e. The van der Waals surface area contributed by atoms with Gasteiger partial charge >= 0.3 is 0 Å². The van der Waals surface area contributed by atoms with Gasteiger partial charge < -0.3 is 10.2 Å². The van der Waals surface area contributed by atoms with Crippen molar-refractivity contribution in [3.05, 3.63) is 64.7 Å². The van der Waals surface area contributed by atoms with Gasteiger partial charge in [0.2, 0.25) is 11.8 Å². The van der Waals surface area contributed by atoms with Crippen molar-refractivity contribution >= 4 is 17.5 Å². The molecule has 0 bridgehead atoms. The molecule has 0 aliphatic heterocycles. The first kappa shape index (κ1) is 20.7. The molecule has 4 heteroatoms. The predicted octanol–water partition coefficient (Wildman–Crippen LogP) is 3.83. The van der Waals surface area contributed by atoms with Crippen molar-refractivity contribution in [2.45, 2.75) is 47.0 Å². The third-order valence-electron chi connectivity index (χ3n) is 4.76. The third-order valence-corrected chi connectivity index (χ3v) is 4.76. The van der Waals surface area contributed by atoms with Crippen molar-refractivity contribution in [1.82, 2.24) is 5.32 Å². The van der Waals surface area contributed by atoms with Gasteiger partial charge in [-0.25, -0.2) is 0 Å². The van der Waals surface area contributed by atoms with Crippen molar-refractivity contribution in [1.29, 1.82) is 0 Å². The molecule has 0 atom stereocenters. The van der Waals surface area contributed by atoms with E-state index in [1.807, 2.05) is 37.3 Å². The molecule has 0 unspecified atom stereocenters. The van der Waals surface area contributed by atoms with Crippen LogP contribution < -0.4 is 10.2 Å². The summed E-state index contributed by atoms with van der Waals surface area (Å²) in [6.45, 7) is 8.71. The zero-order chi connectivity index (χ0) is 19.8. The van der Waals surface area contributed by atoms with E-state index in [0.29, 0.717) is 19.5 Å². The van der Waals surface area contributed by atoms with Crippen LogP contribution in [-0.4, -0.2) is 24.9 Å². The zero-order valence-electron chi connectivity index (χ0n) is 16.8. The topological polar surface area (TPSA) is 49.4 Å². The second kappa shape index (κ2) is 9.91. The molecule has 0 aromatic heterocycles. The summed E-state index contributed by atoms with van der Waals surface area (Å²) in [5, 5.41) is 2.94. The van der Waals surface area contributed by atoms with Crippen LogP contribution >= 0.6 is 0 Å². The monoisotopic (exact) mass is 366 g/mol. The predicted molar refractivity (Wildman–Crippen MR) is 111 cm³/mol. The van der Waals surface area contributed by atoms with Gasteiger partial charge in [-0.1, -0.05) is 61.9 Å². The molecule has 4 nitrogen and oxygen atoms in total. The van der Waals surface area contributed by atoms with Crippen LogP contribution in [-0.2, 0) is 28.9 Å². The number of benzene rings is 2. The third kappa shape index (κ3) is 5.68. The van der Waals surface area contributed by atoms with E-state index >= 15 is 0 Å². The van der Waals surface area contributed by atoms with E-state index in [4.69, 9.17) is 0 Å². The summed E-state index contributed by atoms with van der Waals surface area (Å²) in [4.78, 5) is 26.3. The van der Waals surface area contributed by atoms with Crippen LogP contribution in [0.2, 0.25) is 0 Å². The molecular weight excluding hydrogens is 336 g/mol. The van der Waals surface area contributed by atoms with Gasteiger partial charge in [-0.05, 0) is 36.5 Å². The number of hydrogen-bond acceptors (Lipinski definition) is 2. The molecule has 0 heterocycles. The molecule has 144 valence electrons. The average Bonchev–Trinajstić information content (AvgIpc) is 2.66. The number of nitrogens with one attached hydrogen (secondary N) is 1. The first-order valence-electron chi connectivity index (χ1n) is 9.67. The van der Waals surface area contributed by atoms with Crippen molar-refractivity contribution in [2.75, 3.05) is 18.0 Å². The summed E-state index contributed by atoms with van der Waals surface area (Å²) in [5.74, 6) is -0.0276. The molecule has 0 radical (unpaired) electrons. The normalized spacial score (nSPS) is 10.5. The zero-order valence-corrected chi connectivity index (χ0v) is 16.8. The van der Waals surface area contributed by atoms with Crippen LogP contribution in [0.4, 0.5) is 5.69 Å². The summed E-state index contributed by atoms with van der Waals surface area (Å²) in [5.41, 5.74) is 5.50. The van der Waals surface area contributed by atoms with Crippen molar-refractivity contribution < 1.29 is 9.59 Å². The van der Waals surface area contributed by atoms with Gasteiger partial charge in [0.05, 0.1) is 12.1 Å². The number of carbonyl (C=O) groups is 2. The quantitative estimate of drug-likeness (QED) is 0.772. The Morgan fingerprint density at radius 1 is 0.963 bits per heavy atom. The number of para-hydroxylation sites is 1. The van der Waals surface area contributed by atoms with Gasteiger partial charge in [0.25, 0.3) is 0 Å². The summed E-state index contributed by atoms with van der Waals surface area (Å²) < 4.78 is 0. The highest BCUT2D eigenvalue weighted by atomic mass is 16.2. The van der Waals surface area contributed by atoms with E-state index in [9.17, 15) is 9.59 Å². The highest BCUT2D eigenvalue weighted by Crippen LogP contribution is 2.27. The molecular formula is C23H30N2O2. The fourth-order valence-corrected chi connectivity index (χ4v) is 3.25. The van der Waals surface area contributed by atoms with Crippen molar-refractivity contribution in [3.8, 4) is 0 Å². The Morgan fingerprint density at radius 3 is 2.07 bits per heavy atom. The van der Waals surface area contributed by atoms with Gasteiger partial charge in [-0.2, -0.15) is 0 Å². The summed E-state index contributed by atoms with van der Waals surface area (Å²) >= 11 is 0. The fraction of sp³-hybridized carbons (Fsp3) is 0.391. The lowest BCUT2D eigenvalue weighted by Crippen LogP contribution is -2.39. The maximum absolute atomic E-state index is 12.3. The number of anilines is 1. The Labute approximate surface area is 162 Å². The molecule has 27 heavy (non-hydrogen) atoms. The van der Waals surface area contributed by atoms with Crippen LogP contribution in [0.5, 0.6) is 0 Å². The molecule has 2 aromatic rings. The number of carbonyl (C=O) groups excluding carboxylic acids is 2.